The van der Waals surface area contributed by atoms with Crippen molar-refractivity contribution in [3.63, 3.8) is 0 Å². The van der Waals surface area contributed by atoms with Crippen molar-refractivity contribution in [2.45, 2.75) is 44.7 Å². The summed E-state index contributed by atoms with van der Waals surface area (Å²) in [5.41, 5.74) is 3.38. The number of thioether (sulfide) groups is 1. The Labute approximate surface area is 259 Å². The zero-order valence-electron chi connectivity index (χ0n) is 23.4. The molecule has 0 spiro atoms. The molecule has 4 aromatic rings. The normalized spacial score (nSPS) is 14.3. The van der Waals surface area contributed by atoms with Crippen molar-refractivity contribution in [3.05, 3.63) is 105 Å². The van der Waals surface area contributed by atoms with E-state index in [1.165, 1.54) is 0 Å². The van der Waals surface area contributed by atoms with Crippen molar-refractivity contribution in [3.8, 4) is 11.5 Å². The second-order valence-electron chi connectivity index (χ2n) is 9.54. The summed E-state index contributed by atoms with van der Waals surface area (Å²) in [6.45, 7) is 4.24. The maximum atomic E-state index is 13.6. The second-order valence-corrected chi connectivity index (χ2v) is 11.4. The first-order chi connectivity index (χ1) is 20.4. The van der Waals surface area contributed by atoms with Gasteiger partial charge in [0.2, 0.25) is 11.1 Å². The molecule has 0 saturated heterocycles. The predicted octanol–water partition coefficient (Wildman–Crippen LogP) is 7.71. The molecule has 0 radical (unpaired) electrons. The number of hydrogen-bond acceptors (Lipinski definition) is 8. The van der Waals surface area contributed by atoms with Gasteiger partial charge in [-0.1, -0.05) is 84.4 Å². The molecule has 8 nitrogen and oxygen atoms in total. The summed E-state index contributed by atoms with van der Waals surface area (Å²) in [6.07, 6.45) is 0.984. The smallest absolute Gasteiger partial charge is 0.338 e. The van der Waals surface area contributed by atoms with E-state index in [2.05, 4.69) is 17.2 Å². The van der Waals surface area contributed by atoms with E-state index in [-0.39, 0.29) is 13.2 Å². The minimum atomic E-state index is -0.617. The van der Waals surface area contributed by atoms with Gasteiger partial charge in [-0.2, -0.15) is 4.98 Å². The lowest BCUT2D eigenvalue weighted by Crippen LogP contribution is -2.29. The topological polar surface area (TPSA) is 87.5 Å². The molecule has 1 N–H and O–H groups in total. The van der Waals surface area contributed by atoms with Crippen LogP contribution in [0.2, 0.25) is 10.0 Å². The van der Waals surface area contributed by atoms with Gasteiger partial charge in [0.05, 0.1) is 12.7 Å². The zero-order valence-corrected chi connectivity index (χ0v) is 25.7. The zero-order chi connectivity index (χ0) is 29.6. The molecule has 0 amide bonds. The highest BCUT2D eigenvalue weighted by Crippen LogP contribution is 2.40. The molecule has 0 saturated carbocycles. The molecule has 0 bridgehead atoms. The molecule has 1 unspecified atom stereocenters. The van der Waals surface area contributed by atoms with Gasteiger partial charge < -0.3 is 19.5 Å². The minimum Gasteiger partial charge on any atom is -0.493 e. The number of allylic oxidation sites excluding steroid dienone is 1. The number of nitrogens with one attached hydrogen (secondary N) is 1. The van der Waals surface area contributed by atoms with Crippen LogP contribution in [0.4, 0.5) is 5.95 Å². The number of carbonyl (C=O) groups is 1. The molecule has 3 aromatic carbocycles. The number of methoxy groups -OCH3 is 1. The molecule has 1 atom stereocenters. The van der Waals surface area contributed by atoms with E-state index < -0.39 is 12.0 Å². The van der Waals surface area contributed by atoms with Crippen LogP contribution < -0.4 is 14.8 Å². The Balaban J connectivity index is 1.48. The number of carbonyl (C=O) groups excluding carboxylic acids is 1. The first-order valence-electron chi connectivity index (χ1n) is 13.4. The van der Waals surface area contributed by atoms with Crippen LogP contribution in [0.25, 0.3) is 0 Å². The first kappa shape index (κ1) is 29.8. The van der Waals surface area contributed by atoms with Crippen LogP contribution in [0.3, 0.4) is 0 Å². The minimum absolute atomic E-state index is 0.145. The van der Waals surface area contributed by atoms with Gasteiger partial charge in [0.15, 0.2) is 11.5 Å². The van der Waals surface area contributed by atoms with Gasteiger partial charge in [-0.05, 0) is 48.7 Å². The standard InChI is InChI=1S/C31H30Cl2N4O4S/c1-4-15-42-31-35-30-34-19(2)27(29(38)41-17-20-9-6-5-7-10-20)28(37(30)36-31)21-13-14-25(26(16-21)39-3)40-18-22-23(32)11-8-12-24(22)33/h5-14,16,28H,4,15,17-18H2,1-3H3,(H,34,35,36). The number of benzene rings is 3. The molecule has 0 fully saturated rings. The number of hydrogen-bond donors (Lipinski definition) is 1. The largest absolute Gasteiger partial charge is 0.493 e. The third-order valence-corrected chi connectivity index (χ3v) is 8.39. The molecule has 2 heterocycles. The van der Waals surface area contributed by atoms with Crippen molar-refractivity contribution in [2.24, 2.45) is 0 Å². The monoisotopic (exact) mass is 624 g/mol. The quantitative estimate of drug-likeness (QED) is 0.134. The Kier molecular flexibility index (Phi) is 9.62. The Morgan fingerprint density at radius 3 is 2.50 bits per heavy atom. The molecule has 1 aliphatic rings. The van der Waals surface area contributed by atoms with E-state index in [0.717, 1.165) is 23.3 Å². The number of nitrogens with zero attached hydrogens (tertiary/aromatic N) is 3. The van der Waals surface area contributed by atoms with Crippen LogP contribution in [-0.4, -0.2) is 33.6 Å². The summed E-state index contributed by atoms with van der Waals surface area (Å²) in [5, 5.41) is 9.67. The van der Waals surface area contributed by atoms with E-state index in [1.54, 1.807) is 47.8 Å². The summed E-state index contributed by atoms with van der Waals surface area (Å²) in [5.74, 6) is 1.94. The summed E-state index contributed by atoms with van der Waals surface area (Å²) in [7, 11) is 1.56. The number of rotatable bonds is 11. The fraction of sp³-hybridized carbons (Fsp3) is 0.258. The van der Waals surface area contributed by atoms with Gasteiger partial charge in [-0.3, -0.25) is 0 Å². The summed E-state index contributed by atoms with van der Waals surface area (Å²) < 4.78 is 19.3. The van der Waals surface area contributed by atoms with Crippen molar-refractivity contribution >= 4 is 46.9 Å². The second kappa shape index (κ2) is 13.5. The van der Waals surface area contributed by atoms with Crippen LogP contribution in [0.1, 0.15) is 43.0 Å². The molecule has 42 heavy (non-hydrogen) atoms. The Hall–Kier alpha value is -3.66. The summed E-state index contributed by atoms with van der Waals surface area (Å²) in [4.78, 5) is 18.3. The number of esters is 1. The van der Waals surface area contributed by atoms with E-state index in [4.69, 9.17) is 42.5 Å². The third-order valence-electron chi connectivity index (χ3n) is 6.64. The predicted molar refractivity (Wildman–Crippen MR) is 166 cm³/mol. The van der Waals surface area contributed by atoms with Crippen LogP contribution in [-0.2, 0) is 22.7 Å². The maximum Gasteiger partial charge on any atom is 0.338 e. The van der Waals surface area contributed by atoms with Gasteiger partial charge >= 0.3 is 5.97 Å². The van der Waals surface area contributed by atoms with Gasteiger partial charge in [-0.25, -0.2) is 9.48 Å². The maximum absolute atomic E-state index is 13.6. The number of aromatic nitrogens is 3. The van der Waals surface area contributed by atoms with Crippen LogP contribution in [0, 0.1) is 0 Å². The van der Waals surface area contributed by atoms with E-state index in [9.17, 15) is 4.79 Å². The molecule has 1 aromatic heterocycles. The van der Waals surface area contributed by atoms with Crippen molar-refractivity contribution in [1.29, 1.82) is 0 Å². The fourth-order valence-corrected chi connectivity index (χ4v) is 5.74. The van der Waals surface area contributed by atoms with Gasteiger partial charge in [0.1, 0.15) is 19.3 Å². The Morgan fingerprint density at radius 2 is 1.79 bits per heavy atom. The Bertz CT molecular complexity index is 1590. The van der Waals surface area contributed by atoms with Crippen LogP contribution in [0.15, 0.2) is 83.2 Å². The first-order valence-corrected chi connectivity index (χ1v) is 15.2. The average Bonchev–Trinajstić information content (AvgIpc) is 3.40. The molecule has 5 rings (SSSR count). The highest BCUT2D eigenvalue weighted by Gasteiger charge is 2.36. The lowest BCUT2D eigenvalue weighted by molar-refractivity contribution is -0.140. The average molecular weight is 626 g/mol. The molecule has 1 aliphatic heterocycles. The lowest BCUT2D eigenvalue weighted by atomic mass is 9.95. The van der Waals surface area contributed by atoms with Crippen LogP contribution in [0.5, 0.6) is 11.5 Å². The van der Waals surface area contributed by atoms with E-state index in [0.29, 0.717) is 49.5 Å². The number of ether oxygens (including phenoxy) is 3. The SMILES string of the molecule is CCCSc1nc2n(n1)C(c1ccc(OCc3c(Cl)cccc3Cl)c(OC)c1)C(C(=O)OCc1ccccc1)=C(C)N2. The highest BCUT2D eigenvalue weighted by molar-refractivity contribution is 7.99. The van der Waals surface area contributed by atoms with Gasteiger partial charge in [-0.15, -0.1) is 5.10 Å². The number of fused-ring (bicyclic) bond motifs is 1. The number of anilines is 1. The molecular formula is C31H30Cl2N4O4S. The summed E-state index contributed by atoms with van der Waals surface area (Å²) in [6, 6.07) is 19.8. The highest BCUT2D eigenvalue weighted by atomic mass is 35.5. The molecule has 11 heteroatoms. The van der Waals surface area contributed by atoms with Crippen LogP contribution >= 0.6 is 35.0 Å². The fourth-order valence-electron chi connectivity index (χ4n) is 4.55. The molecular weight excluding hydrogens is 595 g/mol. The van der Waals surface area contributed by atoms with Crippen molar-refractivity contribution in [1.82, 2.24) is 14.8 Å². The lowest BCUT2D eigenvalue weighted by Gasteiger charge is -2.28. The Morgan fingerprint density at radius 1 is 1.02 bits per heavy atom. The van der Waals surface area contributed by atoms with Crippen molar-refractivity contribution < 1.29 is 19.0 Å². The van der Waals surface area contributed by atoms with E-state index in [1.807, 2.05) is 49.4 Å². The number of halogens is 2. The van der Waals surface area contributed by atoms with E-state index >= 15 is 0 Å². The molecule has 0 aliphatic carbocycles. The third kappa shape index (κ3) is 6.53. The van der Waals surface area contributed by atoms with Gasteiger partial charge in [0.25, 0.3) is 0 Å². The van der Waals surface area contributed by atoms with Crippen molar-refractivity contribution in [2.75, 3.05) is 18.2 Å². The summed E-state index contributed by atoms with van der Waals surface area (Å²) >= 11 is 14.2. The molecule has 218 valence electrons. The van der Waals surface area contributed by atoms with Gasteiger partial charge in [0, 0.05) is 27.1 Å².